The lowest BCUT2D eigenvalue weighted by Gasteiger charge is -2.00. The summed E-state index contributed by atoms with van der Waals surface area (Å²) in [6.45, 7) is 0.989. The van der Waals surface area contributed by atoms with Gasteiger partial charge in [0.05, 0.1) is 0 Å². The van der Waals surface area contributed by atoms with Crippen LogP contribution in [0.15, 0.2) is 4.52 Å². The minimum Gasteiger partial charge on any atom is -0.476 e. The second kappa shape index (κ2) is 2.75. The van der Waals surface area contributed by atoms with E-state index in [9.17, 15) is 18.0 Å². The normalized spacial score (nSPS) is 11.7. The fourth-order valence-corrected chi connectivity index (χ4v) is 0.800. The zero-order chi connectivity index (χ0) is 10.2. The maximum absolute atomic E-state index is 12.0. The maximum Gasteiger partial charge on any atom is 0.452 e. The van der Waals surface area contributed by atoms with Gasteiger partial charge in [-0.2, -0.15) is 13.2 Å². The van der Waals surface area contributed by atoms with Crippen molar-refractivity contribution < 1.29 is 27.6 Å². The fraction of sp³-hybridized carbons (Fsp3) is 0.333. The third-order valence-corrected chi connectivity index (χ3v) is 1.38. The standard InChI is InChI=1S/C6H4F3NO3/c1-2-3(5(11)12)10-13-4(2)6(7,8)9/h1H3,(H,11,12). The Hall–Kier alpha value is -1.53. The van der Waals surface area contributed by atoms with Gasteiger partial charge in [0, 0.05) is 5.56 Å². The van der Waals surface area contributed by atoms with Crippen LogP contribution in [-0.4, -0.2) is 16.2 Å². The highest BCUT2D eigenvalue weighted by Crippen LogP contribution is 2.32. The molecule has 1 rings (SSSR count). The summed E-state index contributed by atoms with van der Waals surface area (Å²) in [5, 5.41) is 11.1. The highest BCUT2D eigenvalue weighted by Gasteiger charge is 2.39. The van der Waals surface area contributed by atoms with Gasteiger partial charge in [0.25, 0.3) is 0 Å². The Balaban J connectivity index is 3.22. The van der Waals surface area contributed by atoms with Gasteiger partial charge in [0.1, 0.15) is 0 Å². The molecule has 0 radical (unpaired) electrons. The van der Waals surface area contributed by atoms with Crippen LogP contribution in [0.1, 0.15) is 21.8 Å². The Kier molecular flexibility index (Phi) is 2.02. The van der Waals surface area contributed by atoms with E-state index in [1.165, 1.54) is 0 Å². The van der Waals surface area contributed by atoms with Gasteiger partial charge in [-0.15, -0.1) is 0 Å². The van der Waals surface area contributed by atoms with Crippen molar-refractivity contribution in [3.05, 3.63) is 17.0 Å². The number of aromatic carboxylic acids is 1. The molecule has 1 heterocycles. The highest BCUT2D eigenvalue weighted by atomic mass is 19.4. The number of carbonyl (C=O) groups is 1. The van der Waals surface area contributed by atoms with Crippen LogP contribution in [0.3, 0.4) is 0 Å². The van der Waals surface area contributed by atoms with E-state index in [0.29, 0.717) is 0 Å². The van der Waals surface area contributed by atoms with Crippen LogP contribution in [0.2, 0.25) is 0 Å². The Labute approximate surface area is 69.9 Å². The Morgan fingerprint density at radius 3 is 2.31 bits per heavy atom. The van der Waals surface area contributed by atoms with Crippen LogP contribution in [-0.2, 0) is 6.18 Å². The number of aromatic nitrogens is 1. The van der Waals surface area contributed by atoms with Crippen LogP contribution in [0, 0.1) is 6.92 Å². The van der Waals surface area contributed by atoms with Crippen molar-refractivity contribution in [2.45, 2.75) is 13.1 Å². The molecule has 0 aliphatic heterocycles. The molecular weight excluding hydrogens is 191 g/mol. The van der Waals surface area contributed by atoms with E-state index in [0.717, 1.165) is 6.92 Å². The number of hydrogen-bond donors (Lipinski definition) is 1. The summed E-state index contributed by atoms with van der Waals surface area (Å²) >= 11 is 0. The number of alkyl halides is 3. The summed E-state index contributed by atoms with van der Waals surface area (Å²) in [5.41, 5.74) is -1.23. The molecule has 7 heteroatoms. The summed E-state index contributed by atoms with van der Waals surface area (Å²) in [5.74, 6) is -2.92. The largest absolute Gasteiger partial charge is 0.476 e. The Morgan fingerprint density at radius 1 is 1.54 bits per heavy atom. The zero-order valence-corrected chi connectivity index (χ0v) is 6.34. The first-order valence-corrected chi connectivity index (χ1v) is 3.10. The van der Waals surface area contributed by atoms with E-state index in [1.807, 2.05) is 0 Å². The van der Waals surface area contributed by atoms with E-state index in [1.54, 1.807) is 0 Å². The van der Waals surface area contributed by atoms with E-state index in [4.69, 9.17) is 5.11 Å². The highest BCUT2D eigenvalue weighted by molar-refractivity contribution is 5.87. The van der Waals surface area contributed by atoms with Crippen LogP contribution in [0.5, 0.6) is 0 Å². The third kappa shape index (κ3) is 1.63. The first-order valence-electron chi connectivity index (χ1n) is 3.10. The molecule has 0 bridgehead atoms. The summed E-state index contributed by atoms with van der Waals surface area (Å²) in [6, 6.07) is 0. The first-order chi connectivity index (χ1) is 5.84. The summed E-state index contributed by atoms with van der Waals surface area (Å²) < 4.78 is 39.9. The minimum absolute atomic E-state index is 0.514. The molecule has 0 atom stereocenters. The van der Waals surface area contributed by atoms with Gasteiger partial charge in [-0.05, 0) is 6.92 Å². The van der Waals surface area contributed by atoms with Crippen LogP contribution >= 0.6 is 0 Å². The molecule has 1 aromatic rings. The molecule has 0 aliphatic rings. The number of nitrogens with zero attached hydrogens (tertiary/aromatic N) is 1. The molecule has 0 unspecified atom stereocenters. The van der Waals surface area contributed by atoms with Crippen molar-refractivity contribution in [2.24, 2.45) is 0 Å². The van der Waals surface area contributed by atoms with Crippen molar-refractivity contribution in [3.8, 4) is 0 Å². The van der Waals surface area contributed by atoms with Crippen molar-refractivity contribution in [3.63, 3.8) is 0 Å². The van der Waals surface area contributed by atoms with Crippen molar-refractivity contribution in [1.29, 1.82) is 0 Å². The molecule has 72 valence electrons. The second-order valence-corrected chi connectivity index (χ2v) is 2.29. The predicted molar refractivity (Wildman–Crippen MR) is 33.2 cm³/mol. The summed E-state index contributed by atoms with van der Waals surface area (Å²) in [7, 11) is 0. The SMILES string of the molecule is Cc1c(C(=O)O)noc1C(F)(F)F. The van der Waals surface area contributed by atoms with Gasteiger partial charge in [-0.3, -0.25) is 0 Å². The summed E-state index contributed by atoms with van der Waals surface area (Å²) in [4.78, 5) is 10.3. The fourth-order valence-electron chi connectivity index (χ4n) is 0.800. The Bertz CT molecular complexity index is 341. The lowest BCUT2D eigenvalue weighted by Crippen LogP contribution is -2.06. The molecule has 0 spiro atoms. The van der Waals surface area contributed by atoms with Gasteiger partial charge in [0.2, 0.25) is 5.76 Å². The Morgan fingerprint density at radius 2 is 2.08 bits per heavy atom. The molecule has 0 saturated heterocycles. The van der Waals surface area contributed by atoms with Gasteiger partial charge in [0.15, 0.2) is 5.69 Å². The predicted octanol–water partition coefficient (Wildman–Crippen LogP) is 1.70. The molecule has 1 N–H and O–H groups in total. The van der Waals surface area contributed by atoms with Gasteiger partial charge >= 0.3 is 12.1 Å². The molecule has 0 aliphatic carbocycles. The molecule has 13 heavy (non-hydrogen) atoms. The van der Waals surface area contributed by atoms with Crippen LogP contribution in [0.25, 0.3) is 0 Å². The van der Waals surface area contributed by atoms with Gasteiger partial charge < -0.3 is 9.63 Å². The van der Waals surface area contributed by atoms with Crippen molar-refractivity contribution in [1.82, 2.24) is 5.16 Å². The first kappa shape index (κ1) is 9.56. The van der Waals surface area contributed by atoms with Crippen LogP contribution in [0.4, 0.5) is 13.2 Å². The molecule has 0 amide bonds. The van der Waals surface area contributed by atoms with Crippen molar-refractivity contribution >= 4 is 5.97 Å². The number of carboxylic acids is 1. The molecule has 4 nitrogen and oxygen atoms in total. The average molecular weight is 195 g/mol. The zero-order valence-electron chi connectivity index (χ0n) is 6.34. The van der Waals surface area contributed by atoms with E-state index in [2.05, 4.69) is 9.68 Å². The topological polar surface area (TPSA) is 63.3 Å². The molecule has 0 fully saturated rings. The molecule has 0 saturated carbocycles. The third-order valence-electron chi connectivity index (χ3n) is 1.38. The smallest absolute Gasteiger partial charge is 0.452 e. The minimum atomic E-state index is -4.70. The van der Waals surface area contributed by atoms with Gasteiger partial charge in [-0.25, -0.2) is 4.79 Å². The quantitative estimate of drug-likeness (QED) is 0.740. The maximum atomic E-state index is 12.0. The number of rotatable bonds is 1. The lowest BCUT2D eigenvalue weighted by atomic mass is 10.2. The van der Waals surface area contributed by atoms with E-state index in [-0.39, 0.29) is 0 Å². The number of hydrogen-bond acceptors (Lipinski definition) is 3. The number of carboxylic acid groups (broad SMARTS) is 1. The van der Waals surface area contributed by atoms with Crippen LogP contribution < -0.4 is 0 Å². The van der Waals surface area contributed by atoms with E-state index >= 15 is 0 Å². The average Bonchev–Trinajstić information content (AvgIpc) is 2.28. The van der Waals surface area contributed by atoms with Crippen molar-refractivity contribution in [2.75, 3.05) is 0 Å². The van der Waals surface area contributed by atoms with Gasteiger partial charge in [-0.1, -0.05) is 5.16 Å². The summed E-state index contributed by atoms with van der Waals surface area (Å²) in [6.07, 6.45) is -4.70. The lowest BCUT2D eigenvalue weighted by molar-refractivity contribution is -0.156. The number of halogens is 3. The second-order valence-electron chi connectivity index (χ2n) is 2.29. The molecule has 1 aromatic heterocycles. The molecular formula is C6H4F3NO3. The van der Waals surface area contributed by atoms with E-state index < -0.39 is 29.2 Å². The monoisotopic (exact) mass is 195 g/mol. The molecule has 0 aromatic carbocycles.